The quantitative estimate of drug-likeness (QED) is 0.0245. The minimum Gasteiger partial charge on any atom is -0.756 e. The molecule has 3 unspecified atom stereocenters. The third-order valence-corrected chi connectivity index (χ3v) is 14.9. The molecular formula is C48H54N12O17P2-2. The zero-order chi connectivity index (χ0) is 56.8. The van der Waals surface area contributed by atoms with Gasteiger partial charge in [0.25, 0.3) is 13.7 Å². The Morgan fingerprint density at radius 3 is 2.48 bits per heavy atom. The normalized spacial score (nSPS) is 17.8. The summed E-state index contributed by atoms with van der Waals surface area (Å²) in [6, 6.07) is 15.3. The predicted molar refractivity (Wildman–Crippen MR) is 272 cm³/mol. The number of hydrogen-bond donors (Lipinski definition) is 5. The number of aliphatic hydroxyl groups excluding tert-OH is 2. The van der Waals surface area contributed by atoms with Crippen LogP contribution in [0.15, 0.2) is 77.9 Å². The highest BCUT2D eigenvalue weighted by Gasteiger charge is 2.45. The Kier molecular flexibility index (Phi) is 17.8. The molecule has 1 aliphatic carbocycles. The van der Waals surface area contributed by atoms with Crippen LogP contribution in [0.2, 0.25) is 0 Å². The van der Waals surface area contributed by atoms with E-state index >= 15 is 0 Å². The molecule has 0 spiro atoms. The summed E-state index contributed by atoms with van der Waals surface area (Å²) in [5.41, 5.74) is 9.42. The Hall–Kier alpha value is -7.72. The molecule has 3 aliphatic rings. The second-order valence-electron chi connectivity index (χ2n) is 18.4. The molecule has 8 rings (SSSR count). The Balaban J connectivity index is 0.725. The number of fused-ring (bicyclic) bond motifs is 3. The maximum Gasteiger partial charge on any atom is 0.407 e. The van der Waals surface area contributed by atoms with Crippen LogP contribution in [0.4, 0.5) is 16.3 Å². The number of rotatable bonds is 23. The summed E-state index contributed by atoms with van der Waals surface area (Å²) >= 11 is 0. The highest BCUT2D eigenvalue weighted by molar-refractivity contribution is 7.60. The first-order chi connectivity index (χ1) is 37.6. The first-order valence-electron chi connectivity index (χ1n) is 24.3. The Bertz CT molecular complexity index is 3550. The lowest BCUT2D eigenvalue weighted by Crippen LogP contribution is -2.34. The van der Waals surface area contributed by atoms with Gasteiger partial charge in [-0.2, -0.15) is 0 Å². The number of aryl methyl sites for hydroxylation is 2. The number of carbonyl (C=O) groups excluding carboxylic acids is 4. The predicted octanol–water partition coefficient (Wildman–Crippen LogP) is 0.0710. The van der Waals surface area contributed by atoms with Gasteiger partial charge in [0.05, 0.1) is 37.2 Å². The number of phosphoric acid groups is 2. The molecule has 6 atom stereocenters. The number of carboxylic acid groups (broad SMARTS) is 1. The second-order valence-corrected chi connectivity index (χ2v) is 21.3. The van der Waals surface area contributed by atoms with Gasteiger partial charge in [-0.3, -0.25) is 28.0 Å². The topological polar surface area (TPSA) is 402 Å². The van der Waals surface area contributed by atoms with E-state index in [-0.39, 0.29) is 59.8 Å². The summed E-state index contributed by atoms with van der Waals surface area (Å²) in [6.45, 7) is -0.693. The SMILES string of the molecule is CN(C)c1ccc2c(-c3cc(C(=O)NCCOC(=O)NCCCn4cc(CCCCC(=O)OP(=O)([O-])OP(=O)([O-])OC[C@H]5O[C@@H](n6cnc7c(N)ncnc76)[C@@H](O)C5O)nn4)ccc3C(=O)[O-])c3ccc(=[N+](C)C)cc-3oc2c1. The van der Waals surface area contributed by atoms with Gasteiger partial charge < -0.3 is 74.1 Å². The first-order valence-corrected chi connectivity index (χ1v) is 27.3. The van der Waals surface area contributed by atoms with Gasteiger partial charge in [0.1, 0.15) is 62.2 Å². The molecule has 79 heavy (non-hydrogen) atoms. The lowest BCUT2D eigenvalue weighted by atomic mass is 9.89. The van der Waals surface area contributed by atoms with Crippen LogP contribution in [-0.2, 0) is 49.7 Å². The molecule has 1 saturated heterocycles. The molecule has 0 radical (unpaired) electrons. The van der Waals surface area contributed by atoms with Crippen molar-refractivity contribution in [3.8, 4) is 22.5 Å². The van der Waals surface area contributed by atoms with Crippen molar-refractivity contribution in [3.05, 3.63) is 95.6 Å². The van der Waals surface area contributed by atoms with Crippen LogP contribution < -0.4 is 46.1 Å². The molecule has 6 N–H and O–H groups in total. The Morgan fingerprint density at radius 2 is 1.72 bits per heavy atom. The maximum atomic E-state index is 13.4. The maximum absolute atomic E-state index is 13.4. The van der Waals surface area contributed by atoms with Gasteiger partial charge in [-0.1, -0.05) is 11.3 Å². The molecule has 31 heteroatoms. The third kappa shape index (κ3) is 13.9. The van der Waals surface area contributed by atoms with E-state index in [4.69, 9.17) is 19.6 Å². The molecule has 2 amide bonds. The number of unbranched alkanes of at least 4 members (excludes halogenated alkanes) is 1. The van der Waals surface area contributed by atoms with Crippen LogP contribution in [0.1, 0.15) is 58.3 Å². The number of ether oxygens (including phenoxy) is 2. The van der Waals surface area contributed by atoms with Crippen LogP contribution in [-0.4, -0.2) is 141 Å². The number of imidazole rings is 1. The molecule has 29 nitrogen and oxygen atoms in total. The lowest BCUT2D eigenvalue weighted by molar-refractivity contribution is -0.255. The van der Waals surface area contributed by atoms with Crippen molar-refractivity contribution < 1.29 is 80.7 Å². The van der Waals surface area contributed by atoms with E-state index in [9.17, 15) is 53.4 Å². The van der Waals surface area contributed by atoms with E-state index in [0.717, 1.165) is 17.4 Å². The number of carbonyl (C=O) groups is 4. The Morgan fingerprint density at radius 1 is 0.924 bits per heavy atom. The van der Waals surface area contributed by atoms with Gasteiger partial charge >= 0.3 is 19.9 Å². The van der Waals surface area contributed by atoms with Crippen LogP contribution in [0.5, 0.6) is 0 Å². The van der Waals surface area contributed by atoms with E-state index in [1.165, 1.54) is 33.8 Å². The number of amides is 2. The molecule has 2 aromatic carbocycles. The van der Waals surface area contributed by atoms with E-state index < -0.39 is 77.2 Å². The number of nitrogens with two attached hydrogens (primary N) is 1. The summed E-state index contributed by atoms with van der Waals surface area (Å²) in [6.07, 6.45) is -2.21. The minimum absolute atomic E-state index is 0.0285. The number of aliphatic hydroxyl groups is 2. The van der Waals surface area contributed by atoms with Gasteiger partial charge in [-0.25, -0.2) is 28.6 Å². The van der Waals surface area contributed by atoms with E-state index in [2.05, 4.69) is 49.3 Å². The van der Waals surface area contributed by atoms with E-state index in [1.807, 2.05) is 74.1 Å². The fourth-order valence-electron chi connectivity index (χ4n) is 8.47. The number of nitrogens with one attached hydrogen (secondary N) is 2. The number of alkyl carbamates (subject to hydrolysis) is 1. The van der Waals surface area contributed by atoms with Crippen molar-refractivity contribution in [2.45, 2.75) is 63.2 Å². The fraction of sp³-hybridized carbons (Fsp3) is 0.375. The number of carboxylic acids is 1. The van der Waals surface area contributed by atoms with E-state index in [1.54, 1.807) is 6.20 Å². The largest absolute Gasteiger partial charge is 0.756 e. The number of nitrogen functional groups attached to an aromatic ring is 1. The van der Waals surface area contributed by atoms with Gasteiger partial charge in [0.2, 0.25) is 5.36 Å². The molecule has 2 aliphatic heterocycles. The first kappa shape index (κ1) is 57.5. The smallest absolute Gasteiger partial charge is 0.407 e. The van der Waals surface area contributed by atoms with Crippen molar-refractivity contribution in [1.29, 1.82) is 0 Å². The van der Waals surface area contributed by atoms with Crippen LogP contribution in [0.3, 0.4) is 0 Å². The van der Waals surface area contributed by atoms with Crippen molar-refractivity contribution in [1.82, 2.24) is 49.7 Å². The van der Waals surface area contributed by atoms with Crippen LogP contribution in [0, 0.1) is 0 Å². The molecule has 3 aromatic heterocycles. The lowest BCUT2D eigenvalue weighted by Gasteiger charge is -2.30. The minimum atomic E-state index is -5.80. The molecule has 1 fully saturated rings. The summed E-state index contributed by atoms with van der Waals surface area (Å²) in [7, 11) is -3.97. The number of nitrogens with zero attached hydrogens (tertiary/aromatic N) is 9. The molecule has 5 aromatic rings. The molecule has 0 bridgehead atoms. The molecule has 5 heterocycles. The number of anilines is 2. The Labute approximate surface area is 448 Å². The van der Waals surface area contributed by atoms with E-state index in [0.29, 0.717) is 59.4 Å². The van der Waals surface area contributed by atoms with Gasteiger partial charge in [-0.15, -0.1) is 5.10 Å². The van der Waals surface area contributed by atoms with Crippen molar-refractivity contribution in [3.63, 3.8) is 0 Å². The summed E-state index contributed by atoms with van der Waals surface area (Å²) < 4.78 is 59.3. The van der Waals surface area contributed by atoms with Crippen molar-refractivity contribution in [2.24, 2.45) is 0 Å². The van der Waals surface area contributed by atoms with Crippen molar-refractivity contribution in [2.75, 3.05) is 65.1 Å². The average molecular weight is 1130 g/mol. The fourth-order valence-corrected chi connectivity index (χ4v) is 10.4. The zero-order valence-electron chi connectivity index (χ0n) is 42.8. The average Bonchev–Trinajstić information content (AvgIpc) is 4.16. The molecule has 0 saturated carbocycles. The van der Waals surface area contributed by atoms with Gasteiger partial charge in [0.15, 0.2) is 17.7 Å². The molecular weight excluding hydrogens is 1080 g/mol. The summed E-state index contributed by atoms with van der Waals surface area (Å²) in [4.78, 5) is 89.1. The second kappa shape index (κ2) is 24.5. The zero-order valence-corrected chi connectivity index (χ0v) is 44.6. The number of benzene rings is 3. The van der Waals surface area contributed by atoms with Gasteiger partial charge in [-0.05, 0) is 61.6 Å². The number of hydrogen-bond acceptors (Lipinski definition) is 24. The number of aromatic carboxylic acids is 1. The monoisotopic (exact) mass is 1130 g/mol. The third-order valence-electron chi connectivity index (χ3n) is 12.4. The highest BCUT2D eigenvalue weighted by atomic mass is 31.3. The molecule has 420 valence electrons. The summed E-state index contributed by atoms with van der Waals surface area (Å²) in [5.74, 6) is -2.75. The highest BCUT2D eigenvalue weighted by Crippen LogP contribution is 2.56. The van der Waals surface area contributed by atoms with Crippen LogP contribution >= 0.6 is 15.6 Å². The number of aromatic nitrogens is 7. The van der Waals surface area contributed by atoms with Crippen LogP contribution in [0.25, 0.3) is 44.6 Å². The van der Waals surface area contributed by atoms with Crippen molar-refractivity contribution >= 4 is 73.2 Å². The number of phosphoric ester groups is 2. The summed E-state index contributed by atoms with van der Waals surface area (Å²) in [5, 5.41) is 48.4. The standard InChI is InChI=1S/C48H56N12O17P2/c1-57(2)29-11-14-32-35(21-29)74-36-22-30(58(3)4)12-15-33(36)39(32)34-20-27(10-13-31(34)47(65)66)45(64)50-17-19-72-48(67)51-16-7-18-59-23-28(55-56-59)8-5-6-9-38(61)76-79(70,71)77-78(68,69)73-24-37-41(62)42(63)46(75-37)60-26-54-40-43(49)52-25-53-44(40)60/h10-15,20-23,25-26,37,41-42,46,62-63H,5-9,16-19,24H2,1-4H3,(H6-,49,50,51,52,53,64,65,66,67,68,69,70,71)/p-2/t37-,41?,42+,46-/m1/s1. The van der Waals surface area contributed by atoms with Gasteiger partial charge in [0, 0.05) is 85.3 Å².